The van der Waals surface area contributed by atoms with Gasteiger partial charge < -0.3 is 0 Å². The zero-order valence-corrected chi connectivity index (χ0v) is 10.5. The molecule has 16 heavy (non-hydrogen) atoms. The third-order valence-corrected chi connectivity index (χ3v) is 6.49. The van der Waals surface area contributed by atoms with Gasteiger partial charge in [-0.3, -0.25) is 0 Å². The Hall–Kier alpha value is 0. The van der Waals surface area contributed by atoms with Gasteiger partial charge in [-0.15, -0.1) is 0 Å². The average Bonchev–Trinajstić information content (AvgIpc) is 2.29. The van der Waals surface area contributed by atoms with Crippen molar-refractivity contribution >= 4 is 0 Å². The fourth-order valence-electron chi connectivity index (χ4n) is 6.26. The smallest absolute Gasteiger partial charge is 0.0329 e. The van der Waals surface area contributed by atoms with E-state index in [1.165, 1.54) is 36.0 Å². The Balaban J connectivity index is 1.55. The molecular formula is C16H26. The van der Waals surface area contributed by atoms with Crippen LogP contribution in [0.3, 0.4) is 0 Å². The summed E-state index contributed by atoms with van der Waals surface area (Å²) in [5.74, 6) is 7.04. The normalized spacial score (nSPS) is 52.1. The van der Waals surface area contributed by atoms with E-state index in [2.05, 4.69) is 0 Å². The van der Waals surface area contributed by atoms with Gasteiger partial charge in [0.05, 0.1) is 0 Å². The van der Waals surface area contributed by atoms with Crippen molar-refractivity contribution in [1.29, 1.82) is 0 Å². The highest BCUT2D eigenvalue weighted by atomic mass is 14.5. The van der Waals surface area contributed by atoms with Gasteiger partial charge in [0, 0.05) is 0 Å². The van der Waals surface area contributed by atoms with Crippen LogP contribution in [-0.4, -0.2) is 0 Å². The second-order valence-electron chi connectivity index (χ2n) is 7.41. The molecule has 0 atom stereocenters. The molecule has 5 fully saturated rings. The summed E-state index contributed by atoms with van der Waals surface area (Å²) < 4.78 is 0. The van der Waals surface area contributed by atoms with Crippen LogP contribution in [0.5, 0.6) is 0 Å². The summed E-state index contributed by atoms with van der Waals surface area (Å²) in [4.78, 5) is 0. The lowest BCUT2D eigenvalue weighted by Gasteiger charge is -2.57. The van der Waals surface area contributed by atoms with Crippen molar-refractivity contribution in [2.75, 3.05) is 0 Å². The van der Waals surface area contributed by atoms with E-state index in [0.29, 0.717) is 0 Å². The number of hydrogen-bond acceptors (Lipinski definition) is 0. The van der Waals surface area contributed by atoms with Crippen LogP contribution in [-0.2, 0) is 0 Å². The average molecular weight is 218 g/mol. The van der Waals surface area contributed by atoms with Crippen molar-refractivity contribution in [3.63, 3.8) is 0 Å². The van der Waals surface area contributed by atoms with Gasteiger partial charge in [0.15, 0.2) is 0 Å². The van der Waals surface area contributed by atoms with Gasteiger partial charge >= 0.3 is 0 Å². The molecule has 4 bridgehead atoms. The first-order chi connectivity index (χ1) is 7.90. The molecule has 0 aromatic rings. The maximum atomic E-state index is 1.63. The van der Waals surface area contributed by atoms with E-state index >= 15 is 0 Å². The molecule has 0 unspecified atom stereocenters. The summed E-state index contributed by atoms with van der Waals surface area (Å²) in [5.41, 5.74) is 0. The van der Waals surface area contributed by atoms with Crippen LogP contribution in [0.15, 0.2) is 0 Å². The Morgan fingerprint density at radius 2 is 1.06 bits per heavy atom. The Bertz CT molecular complexity index is 230. The Morgan fingerprint density at radius 3 is 1.62 bits per heavy atom. The molecule has 0 N–H and O–H groups in total. The second kappa shape index (κ2) is 3.75. The van der Waals surface area contributed by atoms with Crippen molar-refractivity contribution in [2.24, 2.45) is 35.5 Å². The predicted octanol–water partition coefficient (Wildman–Crippen LogP) is 4.64. The van der Waals surface area contributed by atoms with Crippen LogP contribution in [0.1, 0.15) is 64.2 Å². The van der Waals surface area contributed by atoms with Crippen molar-refractivity contribution in [3.8, 4) is 0 Å². The molecule has 5 aliphatic carbocycles. The topological polar surface area (TPSA) is 0 Å². The fourth-order valence-corrected chi connectivity index (χ4v) is 6.26. The van der Waals surface area contributed by atoms with Crippen LogP contribution in [0.2, 0.25) is 0 Å². The van der Waals surface area contributed by atoms with E-state index in [0.717, 1.165) is 5.92 Å². The van der Waals surface area contributed by atoms with Gasteiger partial charge in [0.2, 0.25) is 0 Å². The molecule has 0 saturated heterocycles. The molecule has 5 aliphatic rings. The van der Waals surface area contributed by atoms with E-state index in [-0.39, 0.29) is 0 Å². The molecule has 0 amide bonds. The summed E-state index contributed by atoms with van der Waals surface area (Å²) in [6.07, 6.45) is 16.0. The third-order valence-electron chi connectivity index (χ3n) is 6.49. The monoisotopic (exact) mass is 218 g/mol. The second-order valence-corrected chi connectivity index (χ2v) is 7.41. The van der Waals surface area contributed by atoms with E-state index in [4.69, 9.17) is 0 Å². The minimum atomic E-state index is 1.16. The Labute approximate surface area is 100 Å². The summed E-state index contributed by atoms with van der Waals surface area (Å²) in [6, 6.07) is 0. The first-order valence-corrected chi connectivity index (χ1v) is 7.90. The highest BCUT2D eigenvalue weighted by Gasteiger charge is 2.50. The van der Waals surface area contributed by atoms with Crippen LogP contribution >= 0.6 is 0 Å². The minimum Gasteiger partial charge on any atom is -0.0533 e. The SMILES string of the molecule is C1CCC(C2C3CC4CC(C3)CC2C4)CC1. The standard InChI is InChI=1S/C16H26/c1-2-4-13(5-3-1)16-14-7-11-6-12(9-14)10-15(16)8-11/h11-16H,1-10H2. The van der Waals surface area contributed by atoms with Crippen molar-refractivity contribution in [2.45, 2.75) is 64.2 Å². The van der Waals surface area contributed by atoms with Crippen molar-refractivity contribution in [3.05, 3.63) is 0 Å². The number of hydrogen-bond donors (Lipinski definition) is 0. The molecule has 0 aromatic carbocycles. The van der Waals surface area contributed by atoms with Crippen molar-refractivity contribution < 1.29 is 0 Å². The zero-order valence-electron chi connectivity index (χ0n) is 10.5. The molecule has 0 aromatic heterocycles. The summed E-state index contributed by atoms with van der Waals surface area (Å²) in [7, 11) is 0. The maximum absolute atomic E-state index is 1.63. The van der Waals surface area contributed by atoms with Gasteiger partial charge in [-0.25, -0.2) is 0 Å². The summed E-state index contributed by atoms with van der Waals surface area (Å²) >= 11 is 0. The highest BCUT2D eigenvalue weighted by molar-refractivity contribution is 5.00. The predicted molar refractivity (Wildman–Crippen MR) is 67.1 cm³/mol. The third kappa shape index (κ3) is 1.48. The molecular weight excluding hydrogens is 192 g/mol. The summed E-state index contributed by atoms with van der Waals surface area (Å²) in [5, 5.41) is 0. The molecule has 90 valence electrons. The van der Waals surface area contributed by atoms with Crippen LogP contribution in [0, 0.1) is 35.5 Å². The van der Waals surface area contributed by atoms with E-state index in [1.54, 1.807) is 57.8 Å². The highest BCUT2D eigenvalue weighted by Crippen LogP contribution is 2.59. The van der Waals surface area contributed by atoms with Crippen LogP contribution in [0.4, 0.5) is 0 Å². The molecule has 0 heterocycles. The molecule has 0 spiro atoms. The lowest BCUT2D eigenvalue weighted by atomic mass is 9.48. The Kier molecular flexibility index (Phi) is 2.34. The Morgan fingerprint density at radius 1 is 0.500 bits per heavy atom. The summed E-state index contributed by atoms with van der Waals surface area (Å²) in [6.45, 7) is 0. The first kappa shape index (κ1) is 9.97. The van der Waals surface area contributed by atoms with Gasteiger partial charge in [0.1, 0.15) is 0 Å². The minimum absolute atomic E-state index is 1.16. The maximum Gasteiger partial charge on any atom is -0.0329 e. The fraction of sp³-hybridized carbons (Fsp3) is 1.00. The quantitative estimate of drug-likeness (QED) is 0.601. The first-order valence-electron chi connectivity index (χ1n) is 7.90. The molecule has 0 nitrogen and oxygen atoms in total. The molecule has 5 rings (SSSR count). The van der Waals surface area contributed by atoms with E-state index in [1.807, 2.05) is 0 Å². The van der Waals surface area contributed by atoms with Crippen LogP contribution in [0.25, 0.3) is 0 Å². The van der Waals surface area contributed by atoms with Gasteiger partial charge in [-0.2, -0.15) is 0 Å². The lowest BCUT2D eigenvalue weighted by molar-refractivity contribution is -0.0678. The number of rotatable bonds is 1. The van der Waals surface area contributed by atoms with Gasteiger partial charge in [0.25, 0.3) is 0 Å². The van der Waals surface area contributed by atoms with E-state index in [9.17, 15) is 0 Å². The lowest BCUT2D eigenvalue weighted by Crippen LogP contribution is -2.48. The molecule has 0 heteroatoms. The van der Waals surface area contributed by atoms with Crippen molar-refractivity contribution in [1.82, 2.24) is 0 Å². The zero-order chi connectivity index (χ0) is 10.5. The van der Waals surface area contributed by atoms with Gasteiger partial charge in [-0.05, 0) is 67.6 Å². The molecule has 5 saturated carbocycles. The largest absolute Gasteiger partial charge is 0.0533 e. The molecule has 0 radical (unpaired) electrons. The molecule has 0 aliphatic heterocycles. The van der Waals surface area contributed by atoms with Gasteiger partial charge in [-0.1, -0.05) is 32.1 Å². The van der Waals surface area contributed by atoms with E-state index < -0.39 is 0 Å². The van der Waals surface area contributed by atoms with Crippen LogP contribution < -0.4 is 0 Å².